The Kier molecular flexibility index (Phi) is 6.67. The molecular weight excluding hydrogens is 150 g/mol. The van der Waals surface area contributed by atoms with Gasteiger partial charge in [-0.2, -0.15) is 0 Å². The summed E-state index contributed by atoms with van der Waals surface area (Å²) in [5.41, 5.74) is 1.08. The predicted molar refractivity (Wildman–Crippen MR) is 52.2 cm³/mol. The molecule has 0 radical (unpaired) electrons. The van der Waals surface area contributed by atoms with E-state index in [-0.39, 0.29) is 5.78 Å². The van der Waals surface area contributed by atoms with Crippen molar-refractivity contribution in [2.24, 2.45) is 0 Å². The highest BCUT2D eigenvalue weighted by atomic mass is 16.1. The molecule has 0 bridgehead atoms. The van der Waals surface area contributed by atoms with Crippen molar-refractivity contribution in [1.82, 2.24) is 5.32 Å². The van der Waals surface area contributed by atoms with E-state index >= 15 is 0 Å². The summed E-state index contributed by atoms with van der Waals surface area (Å²) in [5.74, 6) is 0.284. The first-order chi connectivity index (χ1) is 5.66. The van der Waals surface area contributed by atoms with Crippen molar-refractivity contribution in [3.63, 3.8) is 0 Å². The molecule has 1 N–H and O–H groups in total. The van der Waals surface area contributed by atoms with Crippen LogP contribution >= 0.6 is 0 Å². The van der Waals surface area contributed by atoms with Crippen LogP contribution in [0.4, 0.5) is 0 Å². The summed E-state index contributed by atoms with van der Waals surface area (Å²) in [6, 6.07) is 0. The molecule has 0 rings (SSSR count). The van der Waals surface area contributed by atoms with Gasteiger partial charge in [-0.3, -0.25) is 4.79 Å². The maximum absolute atomic E-state index is 11.1. The van der Waals surface area contributed by atoms with Crippen LogP contribution in [0.5, 0.6) is 0 Å². The SMILES string of the molecule is C=C(C)CCC(=O)CNCCC. The van der Waals surface area contributed by atoms with Crippen LogP contribution in [0.15, 0.2) is 12.2 Å². The Bertz CT molecular complexity index is 152. The minimum Gasteiger partial charge on any atom is -0.310 e. The van der Waals surface area contributed by atoms with Crippen LogP contribution in [-0.2, 0) is 4.79 Å². The van der Waals surface area contributed by atoms with E-state index in [4.69, 9.17) is 0 Å². The van der Waals surface area contributed by atoms with Crippen LogP contribution in [0.1, 0.15) is 33.1 Å². The molecule has 2 heteroatoms. The van der Waals surface area contributed by atoms with Gasteiger partial charge in [0.05, 0.1) is 6.54 Å². The van der Waals surface area contributed by atoms with Gasteiger partial charge in [-0.1, -0.05) is 12.5 Å². The summed E-state index contributed by atoms with van der Waals surface area (Å²) in [5, 5.41) is 3.08. The van der Waals surface area contributed by atoms with E-state index in [1.807, 2.05) is 6.92 Å². The molecule has 0 aliphatic carbocycles. The molecule has 70 valence electrons. The monoisotopic (exact) mass is 169 g/mol. The molecule has 0 saturated heterocycles. The van der Waals surface area contributed by atoms with Gasteiger partial charge in [0.25, 0.3) is 0 Å². The Balaban J connectivity index is 3.28. The van der Waals surface area contributed by atoms with Crippen LogP contribution in [0, 0.1) is 0 Å². The van der Waals surface area contributed by atoms with E-state index in [0.29, 0.717) is 13.0 Å². The molecule has 0 aromatic rings. The fourth-order valence-corrected chi connectivity index (χ4v) is 0.846. The summed E-state index contributed by atoms with van der Waals surface area (Å²) >= 11 is 0. The maximum atomic E-state index is 11.1. The third kappa shape index (κ3) is 7.48. The second-order valence-corrected chi connectivity index (χ2v) is 3.17. The average molecular weight is 169 g/mol. The second kappa shape index (κ2) is 7.04. The normalized spacial score (nSPS) is 9.83. The molecule has 0 aliphatic heterocycles. The molecule has 0 spiro atoms. The topological polar surface area (TPSA) is 29.1 Å². The van der Waals surface area contributed by atoms with Crippen LogP contribution in [0.25, 0.3) is 0 Å². The van der Waals surface area contributed by atoms with Gasteiger partial charge in [0, 0.05) is 6.42 Å². The number of Topliss-reactive ketones (excluding diaryl/α,β-unsaturated/α-hetero) is 1. The zero-order chi connectivity index (χ0) is 9.40. The first-order valence-corrected chi connectivity index (χ1v) is 4.53. The summed E-state index contributed by atoms with van der Waals surface area (Å²) < 4.78 is 0. The van der Waals surface area contributed by atoms with Gasteiger partial charge in [0.15, 0.2) is 0 Å². The smallest absolute Gasteiger partial charge is 0.146 e. The lowest BCUT2D eigenvalue weighted by molar-refractivity contribution is -0.118. The summed E-state index contributed by atoms with van der Waals surface area (Å²) in [6.45, 7) is 9.24. The Morgan fingerprint density at radius 2 is 2.08 bits per heavy atom. The highest BCUT2D eigenvalue weighted by Gasteiger charge is 1.99. The number of nitrogens with one attached hydrogen (secondary N) is 1. The van der Waals surface area contributed by atoms with Crippen molar-refractivity contribution in [1.29, 1.82) is 0 Å². The first kappa shape index (κ1) is 11.4. The quantitative estimate of drug-likeness (QED) is 0.466. The van der Waals surface area contributed by atoms with E-state index in [1.165, 1.54) is 0 Å². The van der Waals surface area contributed by atoms with Gasteiger partial charge in [0.1, 0.15) is 5.78 Å². The van der Waals surface area contributed by atoms with Crippen molar-refractivity contribution in [3.05, 3.63) is 12.2 Å². The van der Waals surface area contributed by atoms with Crippen molar-refractivity contribution in [3.8, 4) is 0 Å². The highest BCUT2D eigenvalue weighted by Crippen LogP contribution is 2.00. The van der Waals surface area contributed by atoms with E-state index in [9.17, 15) is 4.79 Å². The number of hydrogen-bond acceptors (Lipinski definition) is 2. The van der Waals surface area contributed by atoms with Crippen LogP contribution in [0.3, 0.4) is 0 Å². The average Bonchev–Trinajstić information content (AvgIpc) is 2.01. The maximum Gasteiger partial charge on any atom is 0.146 e. The largest absolute Gasteiger partial charge is 0.310 e. The Hall–Kier alpha value is -0.630. The van der Waals surface area contributed by atoms with Gasteiger partial charge >= 0.3 is 0 Å². The Morgan fingerprint density at radius 1 is 1.42 bits per heavy atom. The van der Waals surface area contributed by atoms with E-state index in [0.717, 1.165) is 25.0 Å². The first-order valence-electron chi connectivity index (χ1n) is 4.53. The molecule has 0 aliphatic rings. The lowest BCUT2D eigenvalue weighted by Gasteiger charge is -2.01. The lowest BCUT2D eigenvalue weighted by atomic mass is 10.1. The van der Waals surface area contributed by atoms with Gasteiger partial charge in [-0.05, 0) is 26.3 Å². The molecule has 0 amide bonds. The third-order valence-corrected chi connectivity index (χ3v) is 1.58. The Labute approximate surface area is 75.0 Å². The molecule has 12 heavy (non-hydrogen) atoms. The number of carbonyl (C=O) groups excluding carboxylic acids is 1. The van der Waals surface area contributed by atoms with Crippen LogP contribution < -0.4 is 5.32 Å². The minimum atomic E-state index is 0.284. The van der Waals surface area contributed by atoms with Crippen molar-refractivity contribution < 1.29 is 4.79 Å². The lowest BCUT2D eigenvalue weighted by Crippen LogP contribution is -2.23. The Morgan fingerprint density at radius 3 is 2.58 bits per heavy atom. The minimum absolute atomic E-state index is 0.284. The summed E-state index contributed by atoms with van der Waals surface area (Å²) in [4.78, 5) is 11.1. The third-order valence-electron chi connectivity index (χ3n) is 1.58. The molecule has 0 unspecified atom stereocenters. The van der Waals surface area contributed by atoms with E-state index in [2.05, 4.69) is 18.8 Å². The second-order valence-electron chi connectivity index (χ2n) is 3.17. The molecule has 0 aromatic heterocycles. The molecule has 0 fully saturated rings. The number of allylic oxidation sites excluding steroid dienone is 1. The number of hydrogen-bond donors (Lipinski definition) is 1. The summed E-state index contributed by atoms with van der Waals surface area (Å²) in [6.07, 6.45) is 2.53. The summed E-state index contributed by atoms with van der Waals surface area (Å²) in [7, 11) is 0. The van der Waals surface area contributed by atoms with Crippen molar-refractivity contribution in [2.75, 3.05) is 13.1 Å². The van der Waals surface area contributed by atoms with Crippen LogP contribution in [-0.4, -0.2) is 18.9 Å². The molecule has 0 heterocycles. The van der Waals surface area contributed by atoms with Gasteiger partial charge in [0.2, 0.25) is 0 Å². The molecule has 0 saturated carbocycles. The zero-order valence-corrected chi connectivity index (χ0v) is 8.15. The van der Waals surface area contributed by atoms with Crippen molar-refractivity contribution in [2.45, 2.75) is 33.1 Å². The standard InChI is InChI=1S/C10H19NO/c1-4-7-11-8-10(12)6-5-9(2)3/h11H,2,4-8H2,1,3H3. The van der Waals surface area contributed by atoms with E-state index < -0.39 is 0 Å². The van der Waals surface area contributed by atoms with Gasteiger partial charge in [-0.25, -0.2) is 0 Å². The molecular formula is C10H19NO. The number of carbonyl (C=O) groups is 1. The van der Waals surface area contributed by atoms with E-state index in [1.54, 1.807) is 0 Å². The number of ketones is 1. The zero-order valence-electron chi connectivity index (χ0n) is 8.15. The van der Waals surface area contributed by atoms with Crippen molar-refractivity contribution >= 4 is 5.78 Å². The molecule has 0 atom stereocenters. The van der Waals surface area contributed by atoms with Gasteiger partial charge in [-0.15, -0.1) is 6.58 Å². The molecule has 0 aromatic carbocycles. The number of rotatable bonds is 7. The van der Waals surface area contributed by atoms with Gasteiger partial charge < -0.3 is 5.32 Å². The fourth-order valence-electron chi connectivity index (χ4n) is 0.846. The molecule has 2 nitrogen and oxygen atoms in total. The predicted octanol–water partition coefficient (Wildman–Crippen LogP) is 1.91. The fraction of sp³-hybridized carbons (Fsp3) is 0.700. The highest BCUT2D eigenvalue weighted by molar-refractivity contribution is 5.80. The van der Waals surface area contributed by atoms with Crippen LogP contribution in [0.2, 0.25) is 0 Å².